The molecule has 1 aromatic carbocycles. The van der Waals surface area contributed by atoms with Crippen LogP contribution in [0.4, 0.5) is 0 Å². The summed E-state index contributed by atoms with van der Waals surface area (Å²) in [5.74, 6) is 0. The van der Waals surface area contributed by atoms with Crippen LogP contribution in [0.2, 0.25) is 0 Å². The highest BCUT2D eigenvalue weighted by Crippen LogP contribution is 2.30. The summed E-state index contributed by atoms with van der Waals surface area (Å²) in [7, 11) is -1.84. The van der Waals surface area contributed by atoms with Crippen LogP contribution in [0.15, 0.2) is 29.2 Å². The van der Waals surface area contributed by atoms with Crippen LogP contribution in [-0.2, 0) is 20.2 Å². The number of rotatable bonds is 8. The van der Waals surface area contributed by atoms with E-state index in [0.29, 0.717) is 18.0 Å². The maximum Gasteiger partial charge on any atom is 0.240 e. The van der Waals surface area contributed by atoms with Gasteiger partial charge in [0.05, 0.1) is 11.5 Å². The Morgan fingerprint density at radius 3 is 2.32 bits per heavy atom. The van der Waals surface area contributed by atoms with Crippen molar-refractivity contribution in [3.8, 4) is 0 Å². The Bertz CT molecular complexity index is 642. The molecule has 1 aromatic rings. The Morgan fingerprint density at radius 1 is 1.20 bits per heavy atom. The van der Waals surface area contributed by atoms with Gasteiger partial charge in [-0.05, 0) is 55.5 Å². The lowest BCUT2D eigenvalue weighted by molar-refractivity contribution is 0.0577. The summed E-state index contributed by atoms with van der Waals surface area (Å²) in [6, 6.07) is 7.27. The molecule has 6 heteroatoms. The minimum Gasteiger partial charge on any atom is -0.384 e. The van der Waals surface area contributed by atoms with Gasteiger partial charge < -0.3 is 10.1 Å². The van der Waals surface area contributed by atoms with Crippen molar-refractivity contribution < 1.29 is 13.2 Å². The van der Waals surface area contributed by atoms with Gasteiger partial charge in [-0.25, -0.2) is 13.1 Å². The number of hydrogen-bond acceptors (Lipinski definition) is 4. The zero-order chi connectivity index (χ0) is 18.6. The highest BCUT2D eigenvalue weighted by molar-refractivity contribution is 7.89. The van der Waals surface area contributed by atoms with Crippen LogP contribution in [0.5, 0.6) is 0 Å². The van der Waals surface area contributed by atoms with Crippen molar-refractivity contribution in [3.63, 3.8) is 0 Å². The van der Waals surface area contributed by atoms with Crippen molar-refractivity contribution >= 4 is 10.0 Å². The van der Waals surface area contributed by atoms with Crippen molar-refractivity contribution in [3.05, 3.63) is 29.8 Å². The van der Waals surface area contributed by atoms with Gasteiger partial charge >= 0.3 is 0 Å². The van der Waals surface area contributed by atoms with E-state index < -0.39 is 10.0 Å². The van der Waals surface area contributed by atoms with Crippen LogP contribution in [0.25, 0.3) is 0 Å². The molecule has 0 aliphatic carbocycles. The predicted molar refractivity (Wildman–Crippen MR) is 101 cm³/mol. The Hall–Kier alpha value is -0.950. The maximum absolute atomic E-state index is 12.7. The molecule has 1 aliphatic heterocycles. The summed E-state index contributed by atoms with van der Waals surface area (Å²) < 4.78 is 33.5. The molecule has 0 bridgehead atoms. The van der Waals surface area contributed by atoms with E-state index in [-0.39, 0.29) is 10.8 Å². The highest BCUT2D eigenvalue weighted by atomic mass is 32.2. The zero-order valence-electron chi connectivity index (χ0n) is 15.9. The summed E-state index contributed by atoms with van der Waals surface area (Å²) in [6.45, 7) is 9.24. The number of methoxy groups -OCH3 is 1. The van der Waals surface area contributed by atoms with Gasteiger partial charge in [-0.1, -0.05) is 32.9 Å². The average molecular weight is 369 g/mol. The number of nitrogens with one attached hydrogen (secondary N) is 2. The standard InChI is InChI=1S/C19H32N2O3S/c1-5-18(2,3)16-6-8-17(9-7-16)25(22,23)21-14-19(15-24-4)10-12-20-13-11-19/h6-9,20-21H,5,10-15H2,1-4H3. The molecule has 2 N–H and O–H groups in total. The zero-order valence-corrected chi connectivity index (χ0v) is 16.7. The summed E-state index contributed by atoms with van der Waals surface area (Å²) in [4.78, 5) is 0.324. The van der Waals surface area contributed by atoms with E-state index in [1.807, 2.05) is 12.1 Å². The molecule has 0 spiro atoms. The van der Waals surface area contributed by atoms with Crippen LogP contribution >= 0.6 is 0 Å². The lowest BCUT2D eigenvalue weighted by Gasteiger charge is -2.37. The monoisotopic (exact) mass is 368 g/mol. The molecule has 2 rings (SSSR count). The first-order valence-corrected chi connectivity index (χ1v) is 10.5. The largest absolute Gasteiger partial charge is 0.384 e. The van der Waals surface area contributed by atoms with Gasteiger partial charge in [0.15, 0.2) is 0 Å². The predicted octanol–water partition coefficient (Wildman–Crippen LogP) is 2.67. The van der Waals surface area contributed by atoms with Gasteiger partial charge in [0.1, 0.15) is 0 Å². The average Bonchev–Trinajstić information content (AvgIpc) is 2.61. The van der Waals surface area contributed by atoms with E-state index >= 15 is 0 Å². The number of piperidine rings is 1. The third-order valence-corrected chi connectivity index (χ3v) is 7.00. The molecule has 1 heterocycles. The SMILES string of the molecule is CCC(C)(C)c1ccc(S(=O)(=O)NCC2(COC)CCNCC2)cc1. The molecule has 0 aromatic heterocycles. The normalized spacial score (nSPS) is 18.2. The van der Waals surface area contributed by atoms with Crippen molar-refractivity contribution in [1.29, 1.82) is 0 Å². The second-order valence-corrected chi connectivity index (χ2v) is 9.54. The first-order valence-electron chi connectivity index (χ1n) is 9.05. The fourth-order valence-corrected chi connectivity index (χ4v) is 4.41. The van der Waals surface area contributed by atoms with Crippen molar-refractivity contribution in [2.75, 3.05) is 33.4 Å². The van der Waals surface area contributed by atoms with Crippen molar-refractivity contribution in [2.45, 2.75) is 50.3 Å². The second kappa shape index (κ2) is 8.16. The summed E-state index contributed by atoms with van der Waals surface area (Å²) in [5.41, 5.74) is 1.08. The van der Waals surface area contributed by atoms with Gasteiger partial charge in [0, 0.05) is 19.1 Å². The Labute approximate surface area is 152 Å². The van der Waals surface area contributed by atoms with E-state index in [1.165, 1.54) is 0 Å². The lowest BCUT2D eigenvalue weighted by Crippen LogP contribution is -2.47. The minimum atomic E-state index is -3.51. The highest BCUT2D eigenvalue weighted by Gasteiger charge is 2.33. The molecule has 0 radical (unpaired) electrons. The quantitative estimate of drug-likeness (QED) is 0.740. The Morgan fingerprint density at radius 2 is 1.80 bits per heavy atom. The number of hydrogen-bond donors (Lipinski definition) is 2. The molecule has 5 nitrogen and oxygen atoms in total. The summed E-state index contributed by atoms with van der Waals surface area (Å²) in [6.07, 6.45) is 2.82. The van der Waals surface area contributed by atoms with Crippen LogP contribution in [-0.4, -0.2) is 41.8 Å². The third-order valence-electron chi connectivity index (χ3n) is 5.58. The summed E-state index contributed by atoms with van der Waals surface area (Å²) >= 11 is 0. The van der Waals surface area contributed by atoms with E-state index in [9.17, 15) is 8.42 Å². The Balaban J connectivity index is 2.10. The number of benzene rings is 1. The van der Waals surface area contributed by atoms with Crippen molar-refractivity contribution in [1.82, 2.24) is 10.0 Å². The van der Waals surface area contributed by atoms with Crippen LogP contribution < -0.4 is 10.0 Å². The number of sulfonamides is 1. The first kappa shape index (κ1) is 20.4. The lowest BCUT2D eigenvalue weighted by atomic mass is 9.80. The molecule has 0 saturated carbocycles. The molecular formula is C19H32N2O3S. The molecule has 0 atom stereocenters. The van der Waals surface area contributed by atoms with Crippen molar-refractivity contribution in [2.24, 2.45) is 5.41 Å². The van der Waals surface area contributed by atoms with Gasteiger partial charge in [-0.2, -0.15) is 0 Å². The van der Waals surface area contributed by atoms with Crippen LogP contribution in [0.1, 0.15) is 45.6 Å². The van der Waals surface area contributed by atoms with E-state index in [1.54, 1.807) is 19.2 Å². The topological polar surface area (TPSA) is 67.4 Å². The Kier molecular flexibility index (Phi) is 6.65. The third kappa shape index (κ3) is 5.03. The second-order valence-electron chi connectivity index (χ2n) is 7.77. The van der Waals surface area contributed by atoms with Crippen LogP contribution in [0, 0.1) is 5.41 Å². The van der Waals surface area contributed by atoms with Gasteiger partial charge in [0.25, 0.3) is 0 Å². The molecule has 142 valence electrons. The van der Waals surface area contributed by atoms with E-state index in [2.05, 4.69) is 30.8 Å². The molecule has 25 heavy (non-hydrogen) atoms. The van der Waals surface area contributed by atoms with Crippen LogP contribution in [0.3, 0.4) is 0 Å². The fourth-order valence-electron chi connectivity index (χ4n) is 3.26. The van der Waals surface area contributed by atoms with E-state index in [4.69, 9.17) is 4.74 Å². The molecular weight excluding hydrogens is 336 g/mol. The smallest absolute Gasteiger partial charge is 0.240 e. The number of ether oxygens (including phenoxy) is 1. The first-order chi connectivity index (χ1) is 11.7. The van der Waals surface area contributed by atoms with E-state index in [0.717, 1.165) is 37.9 Å². The fraction of sp³-hybridized carbons (Fsp3) is 0.684. The minimum absolute atomic E-state index is 0.0489. The molecule has 1 aliphatic rings. The molecule has 1 fully saturated rings. The molecule has 0 unspecified atom stereocenters. The van der Waals surface area contributed by atoms with Gasteiger partial charge in [-0.3, -0.25) is 0 Å². The van der Waals surface area contributed by atoms with Gasteiger partial charge in [-0.15, -0.1) is 0 Å². The maximum atomic E-state index is 12.7. The molecule has 0 amide bonds. The molecule has 1 saturated heterocycles. The summed E-state index contributed by atoms with van der Waals surface area (Å²) in [5, 5.41) is 3.32. The van der Waals surface area contributed by atoms with Gasteiger partial charge in [0.2, 0.25) is 10.0 Å².